The number of ether oxygens (including phenoxy) is 1. The highest BCUT2D eigenvalue weighted by atomic mass is 16.5. The molecule has 1 fully saturated rings. The highest BCUT2D eigenvalue weighted by Gasteiger charge is 2.39. The van der Waals surface area contributed by atoms with Crippen LogP contribution in [0.25, 0.3) is 0 Å². The SMILES string of the molecule is COc1cccc(CNC(=O)C2(C)CCCN(C(=O)c3cccc(C)c3)C2)c1. The van der Waals surface area contributed by atoms with Crippen LogP contribution >= 0.6 is 0 Å². The molecule has 0 bridgehead atoms. The zero-order valence-corrected chi connectivity index (χ0v) is 16.8. The van der Waals surface area contributed by atoms with E-state index in [4.69, 9.17) is 4.74 Å². The third-order valence-corrected chi connectivity index (χ3v) is 5.38. The van der Waals surface area contributed by atoms with E-state index in [1.54, 1.807) is 7.11 Å². The Morgan fingerprint density at radius 1 is 1.18 bits per heavy atom. The molecule has 0 aliphatic carbocycles. The smallest absolute Gasteiger partial charge is 0.253 e. The predicted molar refractivity (Wildman–Crippen MR) is 109 cm³/mol. The number of rotatable bonds is 5. The van der Waals surface area contributed by atoms with Crippen molar-refractivity contribution in [3.05, 3.63) is 65.2 Å². The van der Waals surface area contributed by atoms with Crippen molar-refractivity contribution < 1.29 is 14.3 Å². The predicted octanol–water partition coefficient (Wildman–Crippen LogP) is 3.56. The summed E-state index contributed by atoms with van der Waals surface area (Å²) in [6.45, 7) is 5.49. The largest absolute Gasteiger partial charge is 0.497 e. The van der Waals surface area contributed by atoms with Crippen LogP contribution in [0.4, 0.5) is 0 Å². The van der Waals surface area contributed by atoms with Crippen molar-refractivity contribution in [2.45, 2.75) is 33.2 Å². The second-order valence-corrected chi connectivity index (χ2v) is 7.79. The van der Waals surface area contributed by atoms with Gasteiger partial charge in [-0.15, -0.1) is 0 Å². The van der Waals surface area contributed by atoms with Gasteiger partial charge in [0.15, 0.2) is 0 Å². The standard InChI is InChI=1S/C23H28N2O3/c1-17-7-4-9-19(13-17)21(26)25-12-6-11-23(2,16-25)22(27)24-15-18-8-5-10-20(14-18)28-3/h4-5,7-10,13-14H,6,11-12,15-16H2,1-3H3,(H,24,27). The molecule has 28 heavy (non-hydrogen) atoms. The van der Waals surface area contributed by atoms with E-state index in [1.807, 2.05) is 67.3 Å². The zero-order valence-electron chi connectivity index (χ0n) is 16.8. The fourth-order valence-corrected chi connectivity index (χ4v) is 3.74. The van der Waals surface area contributed by atoms with Gasteiger partial charge < -0.3 is 15.0 Å². The Labute approximate surface area is 166 Å². The minimum atomic E-state index is -0.587. The van der Waals surface area contributed by atoms with Crippen LogP contribution in [0.15, 0.2) is 48.5 Å². The van der Waals surface area contributed by atoms with Crippen molar-refractivity contribution in [3.63, 3.8) is 0 Å². The Morgan fingerprint density at radius 2 is 1.96 bits per heavy atom. The lowest BCUT2D eigenvalue weighted by Gasteiger charge is -2.39. The van der Waals surface area contributed by atoms with E-state index in [0.29, 0.717) is 25.2 Å². The number of hydrogen-bond acceptors (Lipinski definition) is 3. The third kappa shape index (κ3) is 4.53. The number of amides is 2. The van der Waals surface area contributed by atoms with Gasteiger partial charge >= 0.3 is 0 Å². The Balaban J connectivity index is 1.65. The number of carbonyl (C=O) groups excluding carboxylic acids is 2. The van der Waals surface area contributed by atoms with Crippen molar-refractivity contribution in [1.82, 2.24) is 10.2 Å². The highest BCUT2D eigenvalue weighted by Crippen LogP contribution is 2.31. The molecule has 1 saturated heterocycles. The van der Waals surface area contributed by atoms with Crippen LogP contribution in [0.2, 0.25) is 0 Å². The molecular formula is C23H28N2O3. The maximum absolute atomic E-state index is 12.9. The summed E-state index contributed by atoms with van der Waals surface area (Å²) < 4.78 is 5.23. The van der Waals surface area contributed by atoms with E-state index in [0.717, 1.165) is 29.7 Å². The number of methoxy groups -OCH3 is 1. The average Bonchev–Trinajstić information content (AvgIpc) is 2.71. The maximum Gasteiger partial charge on any atom is 0.253 e. The summed E-state index contributed by atoms with van der Waals surface area (Å²) in [5, 5.41) is 3.04. The van der Waals surface area contributed by atoms with Gasteiger partial charge in [-0.3, -0.25) is 9.59 Å². The molecule has 148 valence electrons. The first kappa shape index (κ1) is 19.9. The van der Waals surface area contributed by atoms with E-state index in [-0.39, 0.29) is 11.8 Å². The van der Waals surface area contributed by atoms with Gasteiger partial charge in [-0.05, 0) is 56.5 Å². The molecule has 2 aromatic carbocycles. The fourth-order valence-electron chi connectivity index (χ4n) is 3.74. The van der Waals surface area contributed by atoms with E-state index in [1.165, 1.54) is 0 Å². The molecule has 1 atom stereocenters. The van der Waals surface area contributed by atoms with Crippen LogP contribution in [0.1, 0.15) is 41.3 Å². The van der Waals surface area contributed by atoms with Gasteiger partial charge in [0.25, 0.3) is 5.91 Å². The molecular weight excluding hydrogens is 352 g/mol. The Hall–Kier alpha value is -2.82. The molecule has 1 heterocycles. The first-order valence-electron chi connectivity index (χ1n) is 9.68. The number of carbonyl (C=O) groups is 2. The van der Waals surface area contributed by atoms with Crippen molar-refractivity contribution in [1.29, 1.82) is 0 Å². The normalized spacial score (nSPS) is 19.2. The summed E-state index contributed by atoms with van der Waals surface area (Å²) in [6, 6.07) is 15.3. The monoisotopic (exact) mass is 380 g/mol. The minimum absolute atomic E-state index is 0.00443. The molecule has 5 nitrogen and oxygen atoms in total. The maximum atomic E-state index is 12.9. The molecule has 2 amide bonds. The van der Waals surface area contributed by atoms with Gasteiger partial charge in [-0.1, -0.05) is 29.8 Å². The molecule has 0 spiro atoms. The van der Waals surface area contributed by atoms with Gasteiger partial charge in [0.1, 0.15) is 5.75 Å². The molecule has 0 radical (unpaired) electrons. The molecule has 1 aliphatic rings. The van der Waals surface area contributed by atoms with Crippen LogP contribution in [-0.4, -0.2) is 36.9 Å². The van der Waals surface area contributed by atoms with Crippen LogP contribution in [0.5, 0.6) is 5.75 Å². The van der Waals surface area contributed by atoms with Crippen molar-refractivity contribution in [2.24, 2.45) is 5.41 Å². The Bertz CT molecular complexity index is 864. The summed E-state index contributed by atoms with van der Waals surface area (Å²) in [5.41, 5.74) is 2.14. The van der Waals surface area contributed by atoms with Crippen LogP contribution in [-0.2, 0) is 11.3 Å². The quantitative estimate of drug-likeness (QED) is 0.863. The molecule has 2 aromatic rings. The van der Waals surface area contributed by atoms with Gasteiger partial charge in [-0.2, -0.15) is 0 Å². The summed E-state index contributed by atoms with van der Waals surface area (Å²) in [5.74, 6) is 0.748. The fraction of sp³-hybridized carbons (Fsp3) is 0.391. The van der Waals surface area contributed by atoms with Crippen LogP contribution in [0, 0.1) is 12.3 Å². The summed E-state index contributed by atoms with van der Waals surface area (Å²) in [6.07, 6.45) is 1.59. The van der Waals surface area contributed by atoms with E-state index in [2.05, 4.69) is 5.32 Å². The zero-order chi connectivity index (χ0) is 20.1. The Kier molecular flexibility index (Phi) is 6.02. The van der Waals surface area contributed by atoms with Crippen molar-refractivity contribution in [2.75, 3.05) is 20.2 Å². The van der Waals surface area contributed by atoms with Crippen molar-refractivity contribution in [3.8, 4) is 5.75 Å². The number of nitrogens with zero attached hydrogens (tertiary/aromatic N) is 1. The average molecular weight is 380 g/mol. The lowest BCUT2D eigenvalue weighted by molar-refractivity contribution is -0.132. The lowest BCUT2D eigenvalue weighted by atomic mass is 9.80. The molecule has 1 aliphatic heterocycles. The van der Waals surface area contributed by atoms with E-state index < -0.39 is 5.41 Å². The number of piperidine rings is 1. The highest BCUT2D eigenvalue weighted by molar-refractivity contribution is 5.95. The van der Waals surface area contributed by atoms with Crippen LogP contribution in [0.3, 0.4) is 0 Å². The Morgan fingerprint density at radius 3 is 2.71 bits per heavy atom. The molecule has 3 rings (SSSR count). The number of hydrogen-bond donors (Lipinski definition) is 1. The van der Waals surface area contributed by atoms with E-state index in [9.17, 15) is 9.59 Å². The number of benzene rings is 2. The second-order valence-electron chi connectivity index (χ2n) is 7.79. The topological polar surface area (TPSA) is 58.6 Å². The number of likely N-dealkylation sites (tertiary alicyclic amines) is 1. The lowest BCUT2D eigenvalue weighted by Crippen LogP contribution is -2.51. The van der Waals surface area contributed by atoms with Crippen LogP contribution < -0.4 is 10.1 Å². The molecule has 5 heteroatoms. The van der Waals surface area contributed by atoms with E-state index >= 15 is 0 Å². The van der Waals surface area contributed by atoms with Gasteiger partial charge in [0.05, 0.1) is 12.5 Å². The first-order chi connectivity index (χ1) is 13.4. The van der Waals surface area contributed by atoms with Gasteiger partial charge in [0.2, 0.25) is 5.91 Å². The molecule has 1 unspecified atom stereocenters. The van der Waals surface area contributed by atoms with Gasteiger partial charge in [-0.25, -0.2) is 0 Å². The molecule has 0 saturated carbocycles. The minimum Gasteiger partial charge on any atom is -0.497 e. The number of nitrogens with one attached hydrogen (secondary N) is 1. The van der Waals surface area contributed by atoms with Crippen molar-refractivity contribution >= 4 is 11.8 Å². The summed E-state index contributed by atoms with van der Waals surface area (Å²) in [4.78, 5) is 27.6. The summed E-state index contributed by atoms with van der Waals surface area (Å²) >= 11 is 0. The van der Waals surface area contributed by atoms with Gasteiger partial charge in [0, 0.05) is 25.2 Å². The molecule has 0 aromatic heterocycles. The first-order valence-corrected chi connectivity index (χ1v) is 9.68. The number of aryl methyl sites for hydroxylation is 1. The molecule has 1 N–H and O–H groups in total. The summed E-state index contributed by atoms with van der Waals surface area (Å²) in [7, 11) is 1.63. The third-order valence-electron chi connectivity index (χ3n) is 5.38. The second kappa shape index (κ2) is 8.46.